The summed E-state index contributed by atoms with van der Waals surface area (Å²) in [5.74, 6) is -1.48. The Kier molecular flexibility index (Phi) is 4.59. The first-order chi connectivity index (χ1) is 9.90. The van der Waals surface area contributed by atoms with Crippen molar-refractivity contribution in [2.45, 2.75) is 20.3 Å². The normalized spacial score (nSPS) is 10.4. The van der Waals surface area contributed by atoms with Gasteiger partial charge in [0, 0.05) is 16.1 Å². The van der Waals surface area contributed by atoms with Crippen molar-refractivity contribution in [1.82, 2.24) is 4.98 Å². The zero-order chi connectivity index (χ0) is 15.6. The maximum absolute atomic E-state index is 12.2. The van der Waals surface area contributed by atoms with Gasteiger partial charge in [-0.25, -0.2) is 9.78 Å². The summed E-state index contributed by atoms with van der Waals surface area (Å²) in [6.45, 7) is 3.69. The van der Waals surface area contributed by atoms with Crippen LogP contribution in [-0.4, -0.2) is 22.0 Å². The zero-order valence-electron chi connectivity index (χ0n) is 11.4. The minimum atomic E-state index is -1.07. The predicted octanol–water partition coefficient (Wildman–Crippen LogP) is 3.62. The fourth-order valence-electron chi connectivity index (χ4n) is 1.80. The van der Waals surface area contributed by atoms with Gasteiger partial charge in [0.1, 0.15) is 10.2 Å². The number of carboxylic acids is 1. The summed E-state index contributed by atoms with van der Waals surface area (Å²) in [6, 6.07) is 4.62. The van der Waals surface area contributed by atoms with E-state index < -0.39 is 11.9 Å². The fourth-order valence-corrected chi connectivity index (χ4v) is 2.93. The zero-order valence-corrected chi connectivity index (χ0v) is 13.0. The molecule has 7 heteroatoms. The van der Waals surface area contributed by atoms with Crippen LogP contribution in [0.15, 0.2) is 18.2 Å². The van der Waals surface area contributed by atoms with Crippen molar-refractivity contribution in [1.29, 1.82) is 0 Å². The molecule has 2 N–H and O–H groups in total. The third-order valence-electron chi connectivity index (χ3n) is 2.78. The molecule has 0 unspecified atom stereocenters. The lowest BCUT2D eigenvalue weighted by Crippen LogP contribution is -2.14. The van der Waals surface area contributed by atoms with Gasteiger partial charge < -0.3 is 10.4 Å². The van der Waals surface area contributed by atoms with Crippen LogP contribution in [0.3, 0.4) is 0 Å². The van der Waals surface area contributed by atoms with E-state index in [4.69, 9.17) is 16.7 Å². The molecule has 2 aromatic rings. The molecule has 2 heterocycles. The average molecular weight is 325 g/mol. The quantitative estimate of drug-likeness (QED) is 0.842. The maximum atomic E-state index is 12.2. The third kappa shape index (κ3) is 3.59. The highest BCUT2D eigenvalue weighted by atomic mass is 35.5. The highest BCUT2D eigenvalue weighted by Gasteiger charge is 2.17. The largest absolute Gasteiger partial charge is 0.478 e. The Balaban J connectivity index is 2.30. The Morgan fingerprint density at radius 2 is 2.10 bits per heavy atom. The van der Waals surface area contributed by atoms with Crippen LogP contribution in [0, 0.1) is 6.92 Å². The second-order valence-corrected chi connectivity index (χ2v) is 6.03. The standard InChI is InChI=1S/C14H13ClN2O3S/c1-3-9-5-8(6-11(15)16-9)12(18)17-13-10(14(19)20)4-7(2)21-13/h4-6H,3H2,1-2H3,(H,17,18)(H,19,20). The minimum Gasteiger partial charge on any atom is -0.478 e. The van der Waals surface area contributed by atoms with Crippen LogP contribution >= 0.6 is 22.9 Å². The van der Waals surface area contributed by atoms with Crippen molar-refractivity contribution in [3.8, 4) is 0 Å². The van der Waals surface area contributed by atoms with Crippen LogP contribution in [-0.2, 0) is 6.42 Å². The number of amides is 1. The highest BCUT2D eigenvalue weighted by Crippen LogP contribution is 2.28. The summed E-state index contributed by atoms with van der Waals surface area (Å²) >= 11 is 7.10. The molecule has 0 aliphatic carbocycles. The van der Waals surface area contributed by atoms with Crippen LogP contribution < -0.4 is 5.32 Å². The van der Waals surface area contributed by atoms with Gasteiger partial charge in [0.05, 0.1) is 5.56 Å². The number of aromatic carboxylic acids is 1. The van der Waals surface area contributed by atoms with Crippen LogP contribution in [0.4, 0.5) is 5.00 Å². The van der Waals surface area contributed by atoms with E-state index in [1.165, 1.54) is 23.5 Å². The minimum absolute atomic E-state index is 0.0849. The summed E-state index contributed by atoms with van der Waals surface area (Å²) in [7, 11) is 0. The van der Waals surface area contributed by atoms with E-state index in [-0.39, 0.29) is 10.7 Å². The second kappa shape index (κ2) is 6.24. The molecule has 110 valence electrons. The summed E-state index contributed by atoms with van der Waals surface area (Å²) in [5.41, 5.74) is 1.14. The number of rotatable bonds is 4. The molecule has 0 spiro atoms. The molecule has 0 aliphatic heterocycles. The number of carboxylic acid groups (broad SMARTS) is 1. The number of nitrogens with one attached hydrogen (secondary N) is 1. The van der Waals surface area contributed by atoms with Crippen molar-refractivity contribution in [3.05, 3.63) is 45.1 Å². The number of aryl methyl sites for hydroxylation is 2. The predicted molar refractivity (Wildman–Crippen MR) is 82.6 cm³/mol. The van der Waals surface area contributed by atoms with E-state index in [0.717, 1.165) is 4.88 Å². The number of aromatic nitrogens is 1. The number of thiophene rings is 1. The molecule has 0 aliphatic rings. The molecule has 0 radical (unpaired) electrons. The highest BCUT2D eigenvalue weighted by molar-refractivity contribution is 7.16. The lowest BCUT2D eigenvalue weighted by Gasteiger charge is -2.06. The summed E-state index contributed by atoms with van der Waals surface area (Å²) in [6.07, 6.45) is 0.652. The monoisotopic (exact) mass is 324 g/mol. The van der Waals surface area contributed by atoms with E-state index in [0.29, 0.717) is 22.7 Å². The average Bonchev–Trinajstić information content (AvgIpc) is 2.79. The molecule has 0 bridgehead atoms. The Morgan fingerprint density at radius 1 is 1.38 bits per heavy atom. The number of anilines is 1. The van der Waals surface area contributed by atoms with Crippen LogP contribution in [0.2, 0.25) is 5.15 Å². The lowest BCUT2D eigenvalue weighted by molar-refractivity contribution is 0.0698. The van der Waals surface area contributed by atoms with E-state index >= 15 is 0 Å². The fraction of sp³-hybridized carbons (Fsp3) is 0.214. The van der Waals surface area contributed by atoms with Gasteiger partial charge in [-0.2, -0.15) is 0 Å². The van der Waals surface area contributed by atoms with Gasteiger partial charge >= 0.3 is 5.97 Å². The number of nitrogens with zero attached hydrogens (tertiary/aromatic N) is 1. The van der Waals surface area contributed by atoms with Crippen molar-refractivity contribution < 1.29 is 14.7 Å². The SMILES string of the molecule is CCc1cc(C(=O)Nc2sc(C)cc2C(=O)O)cc(Cl)n1. The number of hydrogen-bond acceptors (Lipinski definition) is 4. The molecule has 1 amide bonds. The summed E-state index contributed by atoms with van der Waals surface area (Å²) in [4.78, 5) is 28.3. The maximum Gasteiger partial charge on any atom is 0.338 e. The lowest BCUT2D eigenvalue weighted by atomic mass is 10.2. The van der Waals surface area contributed by atoms with Gasteiger partial charge in [0.25, 0.3) is 5.91 Å². The molecule has 5 nitrogen and oxygen atoms in total. The van der Waals surface area contributed by atoms with Crippen LogP contribution in [0.5, 0.6) is 0 Å². The van der Waals surface area contributed by atoms with E-state index in [9.17, 15) is 9.59 Å². The van der Waals surface area contributed by atoms with Gasteiger partial charge in [-0.15, -0.1) is 11.3 Å². The Bertz CT molecular complexity index is 712. The molecule has 21 heavy (non-hydrogen) atoms. The molecule has 0 saturated heterocycles. The summed E-state index contributed by atoms with van der Waals surface area (Å²) in [5, 5.41) is 12.3. The van der Waals surface area contributed by atoms with Gasteiger partial charge in [-0.05, 0) is 31.5 Å². The second-order valence-electron chi connectivity index (χ2n) is 4.38. The Hall–Kier alpha value is -1.92. The van der Waals surface area contributed by atoms with Crippen molar-refractivity contribution in [2.24, 2.45) is 0 Å². The van der Waals surface area contributed by atoms with E-state index in [2.05, 4.69) is 10.3 Å². The van der Waals surface area contributed by atoms with E-state index in [1.54, 1.807) is 13.0 Å². The van der Waals surface area contributed by atoms with Crippen molar-refractivity contribution in [3.63, 3.8) is 0 Å². The smallest absolute Gasteiger partial charge is 0.338 e. The van der Waals surface area contributed by atoms with E-state index in [1.807, 2.05) is 6.92 Å². The first-order valence-corrected chi connectivity index (χ1v) is 7.41. The number of carbonyl (C=O) groups excluding carboxylic acids is 1. The molecule has 2 rings (SSSR count). The van der Waals surface area contributed by atoms with Crippen LogP contribution in [0.1, 0.15) is 38.2 Å². The Morgan fingerprint density at radius 3 is 2.71 bits per heavy atom. The van der Waals surface area contributed by atoms with Crippen LogP contribution in [0.25, 0.3) is 0 Å². The van der Waals surface area contributed by atoms with Crippen molar-refractivity contribution in [2.75, 3.05) is 5.32 Å². The molecule has 0 atom stereocenters. The number of pyridine rings is 1. The van der Waals surface area contributed by atoms with Gasteiger partial charge in [-0.3, -0.25) is 4.79 Å². The molecule has 2 aromatic heterocycles. The number of halogens is 1. The molecule has 0 aromatic carbocycles. The van der Waals surface area contributed by atoms with Gasteiger partial charge in [-0.1, -0.05) is 18.5 Å². The number of carbonyl (C=O) groups is 2. The summed E-state index contributed by atoms with van der Waals surface area (Å²) < 4.78 is 0. The first kappa shape index (κ1) is 15.5. The topological polar surface area (TPSA) is 79.3 Å². The first-order valence-electron chi connectivity index (χ1n) is 6.22. The number of hydrogen-bond donors (Lipinski definition) is 2. The van der Waals surface area contributed by atoms with Crippen molar-refractivity contribution >= 4 is 39.8 Å². The van der Waals surface area contributed by atoms with Gasteiger partial charge in [0.15, 0.2) is 0 Å². The van der Waals surface area contributed by atoms with Gasteiger partial charge in [0.2, 0.25) is 0 Å². The molecule has 0 saturated carbocycles. The molecular weight excluding hydrogens is 312 g/mol. The molecular formula is C14H13ClN2O3S. The molecule has 0 fully saturated rings. The third-order valence-corrected chi connectivity index (χ3v) is 3.94. The Labute approximate surface area is 130 Å².